The third-order valence-electron chi connectivity index (χ3n) is 2.58. The number of rotatable bonds is 10. The number of hydrogen-bond donors (Lipinski definition) is 2. The molecule has 5 heteroatoms. The van der Waals surface area contributed by atoms with Crippen molar-refractivity contribution in [2.75, 3.05) is 26.8 Å². The predicted molar refractivity (Wildman–Crippen MR) is 71.3 cm³/mol. The second kappa shape index (κ2) is 12.4. The van der Waals surface area contributed by atoms with Gasteiger partial charge in [0.2, 0.25) is 0 Å². The van der Waals surface area contributed by atoms with Gasteiger partial charge in [0, 0.05) is 26.8 Å². The maximum Gasteiger partial charge on any atom is 0.309 e. The summed E-state index contributed by atoms with van der Waals surface area (Å²) in [6.07, 6.45) is 6.37. The summed E-state index contributed by atoms with van der Waals surface area (Å²) in [6, 6.07) is 0. The Balaban J connectivity index is 3.41. The largest absolute Gasteiger partial charge is 0.385 e. The standard InChI is InChI=1S/C13H26N2O3/c1-3-4-5-6-7-9-14-12(16)13(17)15-10-8-11-18-2/h3-11H2,1-2H3,(H,14,16)(H,15,17). The Morgan fingerprint density at radius 1 is 0.889 bits per heavy atom. The van der Waals surface area contributed by atoms with Crippen LogP contribution < -0.4 is 10.6 Å². The molecule has 0 unspecified atom stereocenters. The van der Waals surface area contributed by atoms with E-state index in [0.717, 1.165) is 12.8 Å². The van der Waals surface area contributed by atoms with Gasteiger partial charge in [0.1, 0.15) is 0 Å². The van der Waals surface area contributed by atoms with E-state index in [0.29, 0.717) is 26.1 Å². The van der Waals surface area contributed by atoms with E-state index in [9.17, 15) is 9.59 Å². The summed E-state index contributed by atoms with van der Waals surface area (Å²) in [6.45, 7) is 3.79. The summed E-state index contributed by atoms with van der Waals surface area (Å²) in [7, 11) is 1.60. The molecule has 0 saturated heterocycles. The number of methoxy groups -OCH3 is 1. The first-order valence-electron chi connectivity index (χ1n) is 6.77. The molecule has 0 saturated carbocycles. The molecule has 5 nitrogen and oxygen atoms in total. The van der Waals surface area contributed by atoms with E-state index in [1.54, 1.807) is 7.11 Å². The van der Waals surface area contributed by atoms with Crippen molar-refractivity contribution in [3.63, 3.8) is 0 Å². The van der Waals surface area contributed by atoms with E-state index in [-0.39, 0.29) is 0 Å². The van der Waals surface area contributed by atoms with Crippen LogP contribution in [0.1, 0.15) is 45.4 Å². The first-order valence-corrected chi connectivity index (χ1v) is 6.77. The van der Waals surface area contributed by atoms with Gasteiger partial charge in [0.25, 0.3) is 0 Å². The van der Waals surface area contributed by atoms with Crippen molar-refractivity contribution in [2.45, 2.75) is 45.4 Å². The lowest BCUT2D eigenvalue weighted by molar-refractivity contribution is -0.139. The Morgan fingerprint density at radius 3 is 2.00 bits per heavy atom. The van der Waals surface area contributed by atoms with E-state index >= 15 is 0 Å². The molecule has 2 amide bonds. The van der Waals surface area contributed by atoms with Crippen LogP contribution in [0.15, 0.2) is 0 Å². The van der Waals surface area contributed by atoms with Crippen LogP contribution in [0.4, 0.5) is 0 Å². The van der Waals surface area contributed by atoms with Crippen molar-refractivity contribution >= 4 is 11.8 Å². The number of amides is 2. The Morgan fingerprint density at radius 2 is 1.44 bits per heavy atom. The number of ether oxygens (including phenoxy) is 1. The fourth-order valence-corrected chi connectivity index (χ4v) is 1.51. The van der Waals surface area contributed by atoms with Crippen molar-refractivity contribution in [2.24, 2.45) is 0 Å². The second-order valence-electron chi connectivity index (χ2n) is 4.27. The minimum absolute atomic E-state index is 0.469. The lowest BCUT2D eigenvalue weighted by Gasteiger charge is -2.06. The fourth-order valence-electron chi connectivity index (χ4n) is 1.51. The first-order chi connectivity index (χ1) is 8.72. The summed E-state index contributed by atoms with van der Waals surface area (Å²) < 4.78 is 4.84. The van der Waals surface area contributed by atoms with Gasteiger partial charge in [-0.2, -0.15) is 0 Å². The molecule has 2 N–H and O–H groups in total. The molecule has 0 aliphatic rings. The van der Waals surface area contributed by atoms with E-state index in [1.807, 2.05) is 0 Å². The third kappa shape index (κ3) is 10.1. The zero-order chi connectivity index (χ0) is 13.6. The quantitative estimate of drug-likeness (QED) is 0.457. The van der Waals surface area contributed by atoms with Gasteiger partial charge >= 0.3 is 11.8 Å². The van der Waals surface area contributed by atoms with Gasteiger partial charge in [-0.05, 0) is 12.8 Å². The zero-order valence-corrected chi connectivity index (χ0v) is 11.6. The normalized spacial score (nSPS) is 10.1. The highest BCUT2D eigenvalue weighted by atomic mass is 16.5. The molecular formula is C13H26N2O3. The maximum absolute atomic E-state index is 11.3. The molecule has 0 aromatic carbocycles. The van der Waals surface area contributed by atoms with Gasteiger partial charge in [-0.3, -0.25) is 9.59 Å². The van der Waals surface area contributed by atoms with Gasteiger partial charge in [-0.1, -0.05) is 32.6 Å². The van der Waals surface area contributed by atoms with Gasteiger partial charge in [-0.15, -0.1) is 0 Å². The Kier molecular flexibility index (Phi) is 11.6. The minimum Gasteiger partial charge on any atom is -0.385 e. The van der Waals surface area contributed by atoms with Crippen LogP contribution in [0, 0.1) is 0 Å². The molecule has 0 aliphatic carbocycles. The van der Waals surface area contributed by atoms with E-state index in [4.69, 9.17) is 4.74 Å². The maximum atomic E-state index is 11.3. The summed E-state index contributed by atoms with van der Waals surface area (Å²) in [4.78, 5) is 22.6. The van der Waals surface area contributed by atoms with Gasteiger partial charge in [0.15, 0.2) is 0 Å². The molecule has 0 aromatic heterocycles. The van der Waals surface area contributed by atoms with Crippen LogP contribution in [-0.2, 0) is 14.3 Å². The summed E-state index contributed by atoms with van der Waals surface area (Å²) in [5.41, 5.74) is 0. The lowest BCUT2D eigenvalue weighted by atomic mass is 10.1. The number of hydrogen-bond acceptors (Lipinski definition) is 3. The average molecular weight is 258 g/mol. The Hall–Kier alpha value is -1.10. The average Bonchev–Trinajstić information content (AvgIpc) is 2.38. The molecule has 0 aliphatic heterocycles. The number of unbranched alkanes of at least 4 members (excludes halogenated alkanes) is 4. The van der Waals surface area contributed by atoms with Crippen LogP contribution in [0.3, 0.4) is 0 Å². The Labute approximate surface area is 110 Å². The molecule has 0 heterocycles. The van der Waals surface area contributed by atoms with Gasteiger partial charge in [0.05, 0.1) is 0 Å². The minimum atomic E-state index is -0.556. The van der Waals surface area contributed by atoms with Crippen LogP contribution in [0.2, 0.25) is 0 Å². The van der Waals surface area contributed by atoms with E-state index in [2.05, 4.69) is 17.6 Å². The monoisotopic (exact) mass is 258 g/mol. The smallest absolute Gasteiger partial charge is 0.309 e. The molecule has 0 fully saturated rings. The molecule has 0 rings (SSSR count). The predicted octanol–water partition coefficient (Wildman–Crippen LogP) is 1.23. The highest BCUT2D eigenvalue weighted by molar-refractivity contribution is 6.35. The molecule has 18 heavy (non-hydrogen) atoms. The first kappa shape index (κ1) is 16.9. The highest BCUT2D eigenvalue weighted by Crippen LogP contribution is 2.00. The van der Waals surface area contributed by atoms with Crippen LogP contribution >= 0.6 is 0 Å². The summed E-state index contributed by atoms with van der Waals surface area (Å²) >= 11 is 0. The SMILES string of the molecule is CCCCCCCNC(=O)C(=O)NCCCOC. The third-order valence-corrected chi connectivity index (χ3v) is 2.58. The zero-order valence-electron chi connectivity index (χ0n) is 11.6. The topological polar surface area (TPSA) is 67.4 Å². The highest BCUT2D eigenvalue weighted by Gasteiger charge is 2.11. The number of carbonyl (C=O) groups is 2. The van der Waals surface area contributed by atoms with Crippen LogP contribution in [0.25, 0.3) is 0 Å². The number of nitrogens with one attached hydrogen (secondary N) is 2. The fraction of sp³-hybridized carbons (Fsp3) is 0.846. The second-order valence-corrected chi connectivity index (χ2v) is 4.27. The van der Waals surface area contributed by atoms with Crippen LogP contribution in [0.5, 0.6) is 0 Å². The molecule has 0 radical (unpaired) electrons. The molecule has 0 bridgehead atoms. The molecular weight excluding hydrogens is 232 g/mol. The van der Waals surface area contributed by atoms with Gasteiger partial charge < -0.3 is 15.4 Å². The molecule has 0 aromatic rings. The van der Waals surface area contributed by atoms with Crippen LogP contribution in [-0.4, -0.2) is 38.6 Å². The Bertz CT molecular complexity index is 232. The van der Waals surface area contributed by atoms with Crippen molar-refractivity contribution in [1.29, 1.82) is 0 Å². The summed E-state index contributed by atoms with van der Waals surface area (Å²) in [5, 5.41) is 5.17. The van der Waals surface area contributed by atoms with E-state index < -0.39 is 11.8 Å². The van der Waals surface area contributed by atoms with Crippen molar-refractivity contribution in [1.82, 2.24) is 10.6 Å². The van der Waals surface area contributed by atoms with Crippen molar-refractivity contribution < 1.29 is 14.3 Å². The number of carbonyl (C=O) groups excluding carboxylic acids is 2. The van der Waals surface area contributed by atoms with E-state index in [1.165, 1.54) is 19.3 Å². The lowest BCUT2D eigenvalue weighted by Crippen LogP contribution is -2.40. The molecule has 106 valence electrons. The summed E-state index contributed by atoms with van der Waals surface area (Å²) in [5.74, 6) is -1.09. The van der Waals surface area contributed by atoms with Crippen molar-refractivity contribution in [3.8, 4) is 0 Å². The van der Waals surface area contributed by atoms with Crippen molar-refractivity contribution in [3.05, 3.63) is 0 Å². The molecule has 0 spiro atoms. The van der Waals surface area contributed by atoms with Gasteiger partial charge in [-0.25, -0.2) is 0 Å². The molecule has 0 atom stereocenters.